The van der Waals surface area contributed by atoms with E-state index in [2.05, 4.69) is 9.72 Å². The van der Waals surface area contributed by atoms with E-state index in [-0.39, 0.29) is 62.8 Å². The topological polar surface area (TPSA) is 147 Å². The van der Waals surface area contributed by atoms with Crippen LogP contribution in [0.2, 0.25) is 10.0 Å². The van der Waals surface area contributed by atoms with Crippen LogP contribution in [-0.2, 0) is 26.0 Å². The van der Waals surface area contributed by atoms with Crippen molar-refractivity contribution in [1.29, 1.82) is 0 Å². The third-order valence-corrected chi connectivity index (χ3v) is 10.8. The standard InChI is InChI=1S/C33H35Cl2F2N3O7S.H2O/c1-39(2)32(42)22-5-3-7-24(13-22)48(43,44)40-12-4-6-23(40)15-31(41)46-29(16-25-26(34)17-38-18-27(25)35)21-10-11-28(47-33(36)37)30(14-21)45-19-20-8-9-20;/h3,5,7,10-11,13-14,17-18,20,23,29,33H,4,6,8-9,12,15-16,19H2,1-2H3;1H2/t23-,29-;/m0./s1. The molecule has 0 bridgehead atoms. The molecule has 1 amide bonds. The lowest BCUT2D eigenvalue weighted by Gasteiger charge is -2.25. The molecule has 2 aliphatic rings. The Morgan fingerprint density at radius 2 is 1.76 bits per heavy atom. The van der Waals surface area contributed by atoms with Crippen LogP contribution in [0, 0.1) is 5.92 Å². The normalized spacial score (nSPS) is 16.9. The number of hydrogen-bond donors (Lipinski definition) is 0. The molecule has 2 N–H and O–H groups in total. The summed E-state index contributed by atoms with van der Waals surface area (Å²) in [5.74, 6) is -0.797. The fourth-order valence-corrected chi connectivity index (χ4v) is 7.79. The molecule has 1 aliphatic heterocycles. The van der Waals surface area contributed by atoms with Gasteiger partial charge < -0.3 is 24.6 Å². The number of benzene rings is 2. The summed E-state index contributed by atoms with van der Waals surface area (Å²) in [6.07, 6.45) is 4.69. The lowest BCUT2D eigenvalue weighted by molar-refractivity contribution is -0.377. The maximum atomic E-state index is 13.7. The van der Waals surface area contributed by atoms with Gasteiger partial charge in [-0.2, -0.15) is 13.1 Å². The van der Waals surface area contributed by atoms with Gasteiger partial charge in [0, 0.05) is 44.2 Å². The Morgan fingerprint density at radius 1 is 1.04 bits per heavy atom. The molecule has 0 radical (unpaired) electrons. The first-order valence-electron chi connectivity index (χ1n) is 15.4. The molecule has 2 atom stereocenters. The van der Waals surface area contributed by atoms with Crippen LogP contribution in [-0.4, -0.2) is 74.9 Å². The highest BCUT2D eigenvalue weighted by molar-refractivity contribution is 7.89. The maximum Gasteiger partial charge on any atom is 0.387 e. The van der Waals surface area contributed by atoms with Crippen LogP contribution >= 0.6 is 23.2 Å². The Kier molecular flexibility index (Phi) is 12.8. The quantitative estimate of drug-likeness (QED) is 0.189. The van der Waals surface area contributed by atoms with Gasteiger partial charge in [0.2, 0.25) is 10.0 Å². The zero-order chi connectivity index (χ0) is 34.6. The number of halogens is 4. The molecular weight excluding hydrogens is 707 g/mol. The Morgan fingerprint density at radius 3 is 2.41 bits per heavy atom. The van der Waals surface area contributed by atoms with Crippen molar-refractivity contribution in [3.8, 4) is 11.5 Å². The van der Waals surface area contributed by atoms with E-state index in [1.807, 2.05) is 0 Å². The predicted molar refractivity (Wildman–Crippen MR) is 175 cm³/mol. The van der Waals surface area contributed by atoms with Crippen LogP contribution in [0.15, 0.2) is 59.8 Å². The third kappa shape index (κ3) is 9.57. The van der Waals surface area contributed by atoms with Crippen molar-refractivity contribution >= 4 is 45.1 Å². The van der Waals surface area contributed by atoms with E-state index >= 15 is 0 Å². The average molecular weight is 745 g/mol. The van der Waals surface area contributed by atoms with Crippen LogP contribution in [0.3, 0.4) is 0 Å². The van der Waals surface area contributed by atoms with Crippen LogP contribution in [0.1, 0.15) is 59.7 Å². The molecular formula is C33H37Cl2F2N3O8S. The molecule has 0 spiro atoms. The minimum atomic E-state index is -4.06. The van der Waals surface area contributed by atoms with Crippen LogP contribution < -0.4 is 14.5 Å². The van der Waals surface area contributed by atoms with Gasteiger partial charge in [-0.15, -0.1) is 0 Å². The van der Waals surface area contributed by atoms with E-state index in [1.165, 1.54) is 64.1 Å². The van der Waals surface area contributed by atoms with E-state index in [1.54, 1.807) is 14.1 Å². The molecule has 2 aromatic carbocycles. The number of hydrogen-bond acceptors (Lipinski definition) is 8. The predicted octanol–water partition coefficient (Wildman–Crippen LogP) is 5.79. The molecule has 3 aromatic rings. The number of nitrogens with zero attached hydrogens (tertiary/aromatic N) is 2. The van der Waals surface area contributed by atoms with Crippen LogP contribution in [0.5, 0.6) is 11.5 Å². The van der Waals surface area contributed by atoms with Crippen molar-refractivity contribution in [2.24, 2.45) is 5.92 Å². The SMILES string of the molecule is CN(C)C(=O)c1cccc(S(=O)(=O)N2CCC[C@H]2CC(=O)O[C@@H](Cc2c(Cl)c[nH+]cc2Cl)c2ccc(OC(F)F)c(OCC3CC3)c2)c1.[OH-]. The summed E-state index contributed by atoms with van der Waals surface area (Å²) in [6, 6.07) is 9.40. The van der Waals surface area contributed by atoms with Crippen molar-refractivity contribution in [3.63, 3.8) is 0 Å². The Balaban J connectivity index is 0.00000541. The van der Waals surface area contributed by atoms with Crippen molar-refractivity contribution in [3.05, 3.63) is 81.6 Å². The Bertz CT molecular complexity index is 1740. The van der Waals surface area contributed by atoms with E-state index in [4.69, 9.17) is 32.7 Å². The Hall–Kier alpha value is -3.56. The van der Waals surface area contributed by atoms with Gasteiger partial charge in [-0.25, -0.2) is 13.4 Å². The first-order valence-corrected chi connectivity index (χ1v) is 17.6. The second-order valence-corrected chi connectivity index (χ2v) is 14.7. The second kappa shape index (κ2) is 16.4. The van der Waals surface area contributed by atoms with Crippen molar-refractivity contribution in [1.82, 2.24) is 9.21 Å². The first kappa shape index (κ1) is 38.2. The average Bonchev–Trinajstić information content (AvgIpc) is 3.76. The highest BCUT2D eigenvalue weighted by atomic mass is 35.5. The zero-order valence-corrected chi connectivity index (χ0v) is 29.1. The number of carbonyl (C=O) groups excluding carboxylic acids is 2. The van der Waals surface area contributed by atoms with Crippen molar-refractivity contribution in [2.75, 3.05) is 27.2 Å². The summed E-state index contributed by atoms with van der Waals surface area (Å²) in [7, 11) is -0.912. The summed E-state index contributed by atoms with van der Waals surface area (Å²) >= 11 is 12.9. The van der Waals surface area contributed by atoms with Crippen LogP contribution in [0.4, 0.5) is 8.78 Å². The molecule has 1 saturated heterocycles. The summed E-state index contributed by atoms with van der Waals surface area (Å²) < 4.78 is 71.6. The number of aromatic nitrogens is 1. The fraction of sp³-hybridized carbons (Fsp3) is 0.424. The highest BCUT2D eigenvalue weighted by Crippen LogP contribution is 2.38. The van der Waals surface area contributed by atoms with E-state index in [0.717, 1.165) is 12.8 Å². The second-order valence-electron chi connectivity index (χ2n) is 12.0. The van der Waals surface area contributed by atoms with Gasteiger partial charge >= 0.3 is 12.6 Å². The number of pyridine rings is 1. The van der Waals surface area contributed by atoms with E-state index in [9.17, 15) is 26.8 Å². The van der Waals surface area contributed by atoms with Gasteiger partial charge in [0.15, 0.2) is 23.9 Å². The summed E-state index contributed by atoms with van der Waals surface area (Å²) in [4.78, 5) is 30.2. The number of amides is 1. The molecule has 2 heterocycles. The summed E-state index contributed by atoms with van der Waals surface area (Å²) in [5.41, 5.74) is 1.11. The molecule has 5 rings (SSSR count). The number of aromatic amines is 1. The number of H-pyrrole nitrogens is 1. The number of carbonyl (C=O) groups is 2. The third-order valence-electron chi connectivity index (χ3n) is 8.21. The van der Waals surface area contributed by atoms with Gasteiger partial charge in [0.05, 0.1) is 17.9 Å². The van der Waals surface area contributed by atoms with Crippen LogP contribution in [0.25, 0.3) is 0 Å². The first-order chi connectivity index (χ1) is 22.8. The molecule has 1 aliphatic carbocycles. The number of sulfonamides is 1. The molecule has 11 nitrogen and oxygen atoms in total. The largest absolute Gasteiger partial charge is 0.870 e. The van der Waals surface area contributed by atoms with E-state index in [0.29, 0.717) is 36.5 Å². The molecule has 266 valence electrons. The number of alkyl halides is 2. The monoisotopic (exact) mass is 743 g/mol. The number of esters is 1. The molecule has 16 heteroatoms. The maximum absolute atomic E-state index is 13.7. The van der Waals surface area contributed by atoms with Gasteiger partial charge in [-0.3, -0.25) is 9.59 Å². The number of rotatable bonds is 14. The van der Waals surface area contributed by atoms with Gasteiger partial charge in [0.1, 0.15) is 16.1 Å². The fourth-order valence-electron chi connectivity index (χ4n) is 5.52. The van der Waals surface area contributed by atoms with Crippen molar-refractivity contribution in [2.45, 2.75) is 62.2 Å². The lowest BCUT2D eigenvalue weighted by Crippen LogP contribution is -2.37. The molecule has 1 saturated carbocycles. The molecule has 49 heavy (non-hydrogen) atoms. The Labute approximate surface area is 293 Å². The minimum Gasteiger partial charge on any atom is -0.870 e. The highest BCUT2D eigenvalue weighted by Gasteiger charge is 2.38. The number of nitrogens with one attached hydrogen (secondary N) is 1. The van der Waals surface area contributed by atoms with Gasteiger partial charge in [0.25, 0.3) is 5.91 Å². The number of ether oxygens (including phenoxy) is 3. The van der Waals surface area contributed by atoms with Gasteiger partial charge in [-0.1, -0.05) is 35.3 Å². The molecule has 1 aromatic heterocycles. The molecule has 2 fully saturated rings. The summed E-state index contributed by atoms with van der Waals surface area (Å²) in [5, 5.41) is 0.573. The minimum absolute atomic E-state index is 0. The zero-order valence-electron chi connectivity index (χ0n) is 26.8. The van der Waals surface area contributed by atoms with Gasteiger partial charge in [-0.05, 0) is 67.5 Å². The lowest BCUT2D eigenvalue weighted by atomic mass is 10.0. The van der Waals surface area contributed by atoms with E-state index < -0.39 is 34.7 Å². The smallest absolute Gasteiger partial charge is 0.387 e. The molecule has 0 unspecified atom stereocenters. The van der Waals surface area contributed by atoms with Crippen molar-refractivity contribution < 1.29 is 51.5 Å². The summed E-state index contributed by atoms with van der Waals surface area (Å²) in [6.45, 7) is -2.57.